The number of hydrogen-bond donors (Lipinski definition) is 2. The molecular formula is C22H27F3O4S. The Hall–Kier alpha value is -1.12. The molecule has 0 aromatic rings. The lowest BCUT2D eigenvalue weighted by atomic mass is 9.44. The van der Waals surface area contributed by atoms with E-state index < -0.39 is 69.0 Å². The van der Waals surface area contributed by atoms with Crippen molar-refractivity contribution < 1.29 is 33.0 Å². The number of aliphatic hydroxyl groups is 2. The van der Waals surface area contributed by atoms with Gasteiger partial charge in [-0.3, -0.25) is 9.59 Å². The van der Waals surface area contributed by atoms with Gasteiger partial charge in [-0.2, -0.15) is 0 Å². The number of hydrogen-bond acceptors (Lipinski definition) is 5. The van der Waals surface area contributed by atoms with E-state index in [2.05, 4.69) is 0 Å². The Bertz CT molecular complexity index is 861. The van der Waals surface area contributed by atoms with E-state index in [0.29, 0.717) is 11.8 Å². The highest BCUT2D eigenvalue weighted by Gasteiger charge is 2.76. The number of carbonyl (C=O) groups is 2. The van der Waals surface area contributed by atoms with Crippen molar-refractivity contribution in [2.45, 2.75) is 63.6 Å². The predicted octanol–water partition coefficient (Wildman–Crippen LogP) is 3.47. The number of carbonyl (C=O) groups excluding carboxylic acids is 2. The third-order valence-corrected chi connectivity index (χ3v) is 9.39. The summed E-state index contributed by atoms with van der Waals surface area (Å²) in [4.78, 5) is 24.6. The molecule has 0 radical (unpaired) electrons. The van der Waals surface area contributed by atoms with Gasteiger partial charge in [0.2, 0.25) is 5.12 Å². The number of alkyl halides is 3. The number of ketones is 1. The lowest BCUT2D eigenvalue weighted by Gasteiger charge is -2.63. The van der Waals surface area contributed by atoms with Gasteiger partial charge >= 0.3 is 0 Å². The van der Waals surface area contributed by atoms with E-state index in [1.165, 1.54) is 19.1 Å². The minimum atomic E-state index is -2.26. The summed E-state index contributed by atoms with van der Waals surface area (Å²) in [5.74, 6) is -2.57. The SMILES string of the molecule is C[C@@H]1C[C@H]2[C@@H]3C[C@H](F)C4=CC(=O)C=CC4(C)[C@@]3(F)[C@@H](O)CC2(C)[C@@]1(O)C(=O)SCF. The maximum Gasteiger partial charge on any atom is 0.223 e. The molecule has 0 spiro atoms. The molecule has 166 valence electrons. The van der Waals surface area contributed by atoms with Crippen LogP contribution in [-0.2, 0) is 9.59 Å². The van der Waals surface area contributed by atoms with Gasteiger partial charge in [-0.15, -0.1) is 0 Å². The fourth-order valence-corrected chi connectivity index (χ4v) is 7.89. The van der Waals surface area contributed by atoms with E-state index in [1.54, 1.807) is 13.8 Å². The first-order valence-electron chi connectivity index (χ1n) is 10.3. The van der Waals surface area contributed by atoms with Crippen molar-refractivity contribution in [2.75, 3.05) is 6.01 Å². The molecule has 4 aliphatic carbocycles. The van der Waals surface area contributed by atoms with Gasteiger partial charge in [0.15, 0.2) is 11.5 Å². The zero-order valence-corrected chi connectivity index (χ0v) is 18.0. The van der Waals surface area contributed by atoms with Crippen LogP contribution in [0.25, 0.3) is 0 Å². The van der Waals surface area contributed by atoms with Crippen LogP contribution in [0.1, 0.15) is 40.0 Å². The van der Waals surface area contributed by atoms with Gasteiger partial charge < -0.3 is 10.2 Å². The molecule has 0 saturated heterocycles. The monoisotopic (exact) mass is 444 g/mol. The summed E-state index contributed by atoms with van der Waals surface area (Å²) < 4.78 is 45.1. The maximum absolute atomic E-state index is 16.9. The van der Waals surface area contributed by atoms with Gasteiger partial charge in [-0.1, -0.05) is 31.7 Å². The molecule has 0 amide bonds. The molecule has 4 aliphatic rings. The lowest BCUT2D eigenvalue weighted by Crippen LogP contribution is -2.70. The standard InChI is InChI=1S/C22H27F3O4S/c1-11-6-13-14-8-16(24)15-7-12(26)4-5-19(15,2)21(14,25)17(27)9-20(13,3)22(11,29)18(28)30-10-23/h4-5,7,11,13-14,16-17,27,29H,6,8-10H2,1-3H3/t11-,13+,14+,16+,17+,19?,20?,21+,22+/m1/s1. The van der Waals surface area contributed by atoms with Gasteiger partial charge in [0.25, 0.3) is 0 Å². The van der Waals surface area contributed by atoms with Crippen molar-refractivity contribution in [2.24, 2.45) is 28.6 Å². The molecule has 3 saturated carbocycles. The third-order valence-electron chi connectivity index (χ3n) is 8.71. The molecule has 0 aromatic carbocycles. The van der Waals surface area contributed by atoms with Crippen molar-refractivity contribution in [1.82, 2.24) is 0 Å². The van der Waals surface area contributed by atoms with Crippen LogP contribution in [0.4, 0.5) is 13.2 Å². The summed E-state index contributed by atoms with van der Waals surface area (Å²) in [6.45, 7) is 4.79. The minimum absolute atomic E-state index is 0.0294. The maximum atomic E-state index is 16.9. The Morgan fingerprint density at radius 2 is 1.97 bits per heavy atom. The summed E-state index contributed by atoms with van der Waals surface area (Å²) in [7, 11) is 0. The van der Waals surface area contributed by atoms with Gasteiger partial charge in [-0.05, 0) is 55.7 Å². The molecular weight excluding hydrogens is 417 g/mol. The van der Waals surface area contributed by atoms with Crippen molar-refractivity contribution in [3.63, 3.8) is 0 Å². The number of halogens is 3. The Labute approximate surface area is 178 Å². The molecule has 2 unspecified atom stereocenters. The number of fused-ring (bicyclic) bond motifs is 5. The largest absolute Gasteiger partial charge is 0.390 e. The van der Waals surface area contributed by atoms with Crippen molar-refractivity contribution in [3.05, 3.63) is 23.8 Å². The zero-order valence-electron chi connectivity index (χ0n) is 17.2. The lowest BCUT2D eigenvalue weighted by molar-refractivity contribution is -0.221. The summed E-state index contributed by atoms with van der Waals surface area (Å²) in [6, 6.07) is -0.995. The van der Waals surface area contributed by atoms with Crippen molar-refractivity contribution in [3.8, 4) is 0 Å². The van der Waals surface area contributed by atoms with Gasteiger partial charge in [0, 0.05) is 16.7 Å². The van der Waals surface area contributed by atoms with E-state index in [9.17, 15) is 24.2 Å². The average molecular weight is 445 g/mol. The molecule has 0 heterocycles. The van der Waals surface area contributed by atoms with Crippen LogP contribution in [0.15, 0.2) is 23.8 Å². The molecule has 3 fully saturated rings. The molecule has 9 atom stereocenters. The Balaban J connectivity index is 1.84. The second-order valence-electron chi connectivity index (χ2n) is 9.80. The van der Waals surface area contributed by atoms with Crippen LogP contribution >= 0.6 is 11.8 Å². The van der Waals surface area contributed by atoms with E-state index in [4.69, 9.17) is 0 Å². The predicted molar refractivity (Wildman–Crippen MR) is 107 cm³/mol. The van der Waals surface area contributed by atoms with Crippen LogP contribution in [0.5, 0.6) is 0 Å². The molecule has 2 N–H and O–H groups in total. The van der Waals surface area contributed by atoms with Gasteiger partial charge in [0.05, 0.1) is 6.10 Å². The molecule has 4 rings (SSSR count). The van der Waals surface area contributed by atoms with Crippen molar-refractivity contribution in [1.29, 1.82) is 0 Å². The second kappa shape index (κ2) is 6.69. The third kappa shape index (κ3) is 2.39. The fourth-order valence-electron chi connectivity index (χ4n) is 7.13. The molecule has 4 nitrogen and oxygen atoms in total. The number of thioether (sulfide) groups is 1. The van der Waals surface area contributed by atoms with Crippen LogP contribution in [0.3, 0.4) is 0 Å². The first kappa shape index (κ1) is 22.1. The summed E-state index contributed by atoms with van der Waals surface area (Å²) in [6.07, 6.45) is 0.306. The number of rotatable bonds is 2. The highest BCUT2D eigenvalue weighted by molar-refractivity contribution is 8.13. The molecule has 0 aliphatic heterocycles. The minimum Gasteiger partial charge on any atom is -0.390 e. The topological polar surface area (TPSA) is 74.6 Å². The first-order valence-corrected chi connectivity index (χ1v) is 11.3. The van der Waals surface area contributed by atoms with Crippen LogP contribution < -0.4 is 0 Å². The zero-order chi connectivity index (χ0) is 22.3. The Morgan fingerprint density at radius 3 is 2.60 bits per heavy atom. The fraction of sp³-hybridized carbons (Fsp3) is 0.727. The molecule has 8 heteroatoms. The number of allylic oxidation sites excluding steroid dienone is 4. The van der Waals surface area contributed by atoms with Gasteiger partial charge in [-0.25, -0.2) is 13.2 Å². The molecule has 0 bridgehead atoms. The van der Waals surface area contributed by atoms with Crippen molar-refractivity contribution >= 4 is 22.7 Å². The quantitative estimate of drug-likeness (QED) is 0.682. The second-order valence-corrected chi connectivity index (χ2v) is 10.7. The van der Waals surface area contributed by atoms with E-state index >= 15 is 8.78 Å². The number of aliphatic hydroxyl groups excluding tert-OH is 1. The first-order chi connectivity index (χ1) is 13.9. The Kier molecular flexibility index (Phi) is 4.92. The highest BCUT2D eigenvalue weighted by Crippen LogP contribution is 2.71. The van der Waals surface area contributed by atoms with E-state index in [-0.39, 0.29) is 24.8 Å². The van der Waals surface area contributed by atoms with Crippen LogP contribution in [-0.4, -0.2) is 50.7 Å². The van der Waals surface area contributed by atoms with E-state index in [1.807, 2.05) is 0 Å². The van der Waals surface area contributed by atoms with E-state index in [0.717, 1.165) is 6.08 Å². The summed E-state index contributed by atoms with van der Waals surface area (Å²) in [5, 5.41) is 21.9. The highest BCUT2D eigenvalue weighted by atomic mass is 32.2. The van der Waals surface area contributed by atoms with Crippen LogP contribution in [0.2, 0.25) is 0 Å². The van der Waals surface area contributed by atoms with Gasteiger partial charge in [0.1, 0.15) is 17.8 Å². The summed E-state index contributed by atoms with van der Waals surface area (Å²) >= 11 is 0.371. The average Bonchev–Trinajstić information content (AvgIpc) is 2.88. The Morgan fingerprint density at radius 1 is 1.30 bits per heavy atom. The summed E-state index contributed by atoms with van der Waals surface area (Å²) in [5.41, 5.74) is -6.91. The normalized spacial score (nSPS) is 52.3. The molecule has 0 aromatic heterocycles. The smallest absolute Gasteiger partial charge is 0.223 e. The van der Waals surface area contributed by atoms with Crippen LogP contribution in [0, 0.1) is 28.6 Å². The molecule has 30 heavy (non-hydrogen) atoms.